The van der Waals surface area contributed by atoms with E-state index in [1.807, 2.05) is 0 Å². The zero-order chi connectivity index (χ0) is 10.7. The SMILES string of the molecule is COC(c1ncc(Br)c(=S)[nH]1)C(C)C. The first-order valence-corrected chi connectivity index (χ1v) is 5.54. The third-order valence-corrected chi connectivity index (χ3v) is 3.09. The molecule has 0 radical (unpaired) electrons. The van der Waals surface area contributed by atoms with Crippen molar-refractivity contribution in [3.05, 3.63) is 21.1 Å². The van der Waals surface area contributed by atoms with Crippen LogP contribution in [0.25, 0.3) is 0 Å². The molecule has 1 aromatic heterocycles. The summed E-state index contributed by atoms with van der Waals surface area (Å²) in [6.45, 7) is 4.16. The summed E-state index contributed by atoms with van der Waals surface area (Å²) in [7, 11) is 1.67. The van der Waals surface area contributed by atoms with E-state index in [0.717, 1.165) is 10.3 Å². The normalized spacial score (nSPS) is 13.2. The number of hydrogen-bond donors (Lipinski definition) is 1. The lowest BCUT2D eigenvalue weighted by Gasteiger charge is -2.18. The topological polar surface area (TPSA) is 37.9 Å². The van der Waals surface area contributed by atoms with E-state index in [1.165, 1.54) is 0 Å². The predicted molar refractivity (Wildman–Crippen MR) is 61.7 cm³/mol. The van der Waals surface area contributed by atoms with Crippen LogP contribution in [0.2, 0.25) is 0 Å². The van der Waals surface area contributed by atoms with Crippen molar-refractivity contribution in [1.82, 2.24) is 9.97 Å². The van der Waals surface area contributed by atoms with Gasteiger partial charge < -0.3 is 9.72 Å². The zero-order valence-corrected chi connectivity index (χ0v) is 10.8. The van der Waals surface area contributed by atoms with Gasteiger partial charge in [-0.1, -0.05) is 26.1 Å². The van der Waals surface area contributed by atoms with Gasteiger partial charge in [0.05, 0.1) is 4.47 Å². The Kier molecular flexibility index (Phi) is 4.22. The fourth-order valence-corrected chi connectivity index (χ4v) is 1.60. The van der Waals surface area contributed by atoms with Gasteiger partial charge in [0.1, 0.15) is 16.6 Å². The van der Waals surface area contributed by atoms with Crippen LogP contribution in [-0.2, 0) is 4.74 Å². The van der Waals surface area contributed by atoms with Crippen molar-refractivity contribution in [2.45, 2.75) is 20.0 Å². The Morgan fingerprint density at radius 3 is 2.64 bits per heavy atom. The Hall–Kier alpha value is -0.260. The fraction of sp³-hybridized carbons (Fsp3) is 0.556. The highest BCUT2D eigenvalue weighted by Gasteiger charge is 2.16. The van der Waals surface area contributed by atoms with Gasteiger partial charge in [0.15, 0.2) is 0 Å². The third kappa shape index (κ3) is 2.62. The molecular weight excluding hydrogens is 264 g/mol. The second-order valence-corrected chi connectivity index (χ2v) is 4.61. The minimum Gasteiger partial charge on any atom is -0.373 e. The Bertz CT molecular complexity index is 364. The number of ether oxygens (including phenoxy) is 1. The number of aromatic nitrogens is 2. The van der Waals surface area contributed by atoms with Gasteiger partial charge in [-0.2, -0.15) is 0 Å². The van der Waals surface area contributed by atoms with Gasteiger partial charge in [0.2, 0.25) is 0 Å². The van der Waals surface area contributed by atoms with Crippen LogP contribution in [0.4, 0.5) is 0 Å². The number of nitrogens with one attached hydrogen (secondary N) is 1. The minimum absolute atomic E-state index is 0.0372. The highest BCUT2D eigenvalue weighted by atomic mass is 79.9. The van der Waals surface area contributed by atoms with Crippen LogP contribution in [0.15, 0.2) is 10.7 Å². The molecule has 0 aromatic carbocycles. The molecule has 0 aliphatic rings. The predicted octanol–water partition coefficient (Wildman–Crippen LogP) is 3.25. The average molecular weight is 277 g/mol. The van der Waals surface area contributed by atoms with Gasteiger partial charge in [0.25, 0.3) is 0 Å². The highest BCUT2D eigenvalue weighted by molar-refractivity contribution is 9.10. The molecule has 0 saturated heterocycles. The van der Waals surface area contributed by atoms with Crippen LogP contribution in [0, 0.1) is 10.6 Å². The summed E-state index contributed by atoms with van der Waals surface area (Å²) < 4.78 is 6.79. The molecule has 1 heterocycles. The average Bonchev–Trinajstić information content (AvgIpc) is 2.11. The molecule has 14 heavy (non-hydrogen) atoms. The van der Waals surface area contributed by atoms with E-state index in [-0.39, 0.29) is 6.10 Å². The number of aromatic amines is 1. The summed E-state index contributed by atoms with van der Waals surface area (Å²) in [6, 6.07) is 0. The molecule has 0 spiro atoms. The second-order valence-electron chi connectivity index (χ2n) is 3.35. The van der Waals surface area contributed by atoms with Crippen LogP contribution in [0.1, 0.15) is 25.8 Å². The van der Waals surface area contributed by atoms with Gasteiger partial charge in [-0.15, -0.1) is 0 Å². The van der Waals surface area contributed by atoms with Crippen LogP contribution < -0.4 is 0 Å². The summed E-state index contributed by atoms with van der Waals surface area (Å²) in [4.78, 5) is 7.28. The maximum absolute atomic E-state index is 5.34. The lowest BCUT2D eigenvalue weighted by Crippen LogP contribution is -2.12. The number of methoxy groups -OCH3 is 1. The quantitative estimate of drug-likeness (QED) is 0.862. The Balaban J connectivity index is 3.06. The monoisotopic (exact) mass is 276 g/mol. The lowest BCUT2D eigenvalue weighted by molar-refractivity contribution is 0.0573. The molecule has 78 valence electrons. The maximum Gasteiger partial charge on any atom is 0.136 e. The summed E-state index contributed by atoms with van der Waals surface area (Å²) in [5.41, 5.74) is 0. The van der Waals surface area contributed by atoms with E-state index in [9.17, 15) is 0 Å². The molecule has 0 amide bonds. The molecule has 0 aliphatic heterocycles. The summed E-state index contributed by atoms with van der Waals surface area (Å²) in [5, 5.41) is 0. The third-order valence-electron chi connectivity index (χ3n) is 1.90. The van der Waals surface area contributed by atoms with Crippen LogP contribution in [0.5, 0.6) is 0 Å². The van der Waals surface area contributed by atoms with Gasteiger partial charge in [-0.05, 0) is 21.8 Å². The van der Waals surface area contributed by atoms with Crippen molar-refractivity contribution >= 4 is 28.1 Å². The molecule has 3 nitrogen and oxygen atoms in total. The first kappa shape index (κ1) is 11.8. The smallest absolute Gasteiger partial charge is 0.136 e. The minimum atomic E-state index is -0.0372. The molecule has 1 atom stereocenters. The number of nitrogens with zero attached hydrogens (tertiary/aromatic N) is 1. The van der Waals surface area contributed by atoms with E-state index in [1.54, 1.807) is 13.3 Å². The summed E-state index contributed by atoms with van der Waals surface area (Å²) >= 11 is 8.40. The number of halogens is 1. The fourth-order valence-electron chi connectivity index (χ4n) is 1.24. The van der Waals surface area contributed by atoms with Crippen molar-refractivity contribution in [3.8, 4) is 0 Å². The molecule has 1 aromatic rings. The molecular formula is C9H13BrN2OS. The number of hydrogen-bond acceptors (Lipinski definition) is 3. The molecule has 1 N–H and O–H groups in total. The molecule has 0 aliphatic carbocycles. The van der Waals surface area contributed by atoms with Crippen LogP contribution >= 0.6 is 28.1 Å². The zero-order valence-electron chi connectivity index (χ0n) is 8.37. The highest BCUT2D eigenvalue weighted by Crippen LogP contribution is 2.22. The van der Waals surface area contributed by atoms with Gasteiger partial charge in [0, 0.05) is 13.3 Å². The van der Waals surface area contributed by atoms with Gasteiger partial charge >= 0.3 is 0 Å². The molecule has 1 rings (SSSR count). The summed E-state index contributed by atoms with van der Waals surface area (Å²) in [5.74, 6) is 1.13. The first-order valence-electron chi connectivity index (χ1n) is 4.33. The van der Waals surface area contributed by atoms with E-state index < -0.39 is 0 Å². The first-order chi connectivity index (χ1) is 6.56. The standard InChI is InChI=1S/C9H13BrN2OS/c1-5(2)7(13-3)8-11-4-6(10)9(14)12-8/h4-5,7H,1-3H3,(H,11,12,14). The summed E-state index contributed by atoms with van der Waals surface area (Å²) in [6.07, 6.45) is 1.66. The van der Waals surface area contributed by atoms with E-state index in [0.29, 0.717) is 10.6 Å². The van der Waals surface area contributed by atoms with Gasteiger partial charge in [-0.3, -0.25) is 0 Å². The molecule has 0 fully saturated rings. The van der Waals surface area contributed by atoms with Crippen LogP contribution in [0.3, 0.4) is 0 Å². The van der Waals surface area contributed by atoms with Crippen molar-refractivity contribution in [3.63, 3.8) is 0 Å². The van der Waals surface area contributed by atoms with Crippen molar-refractivity contribution < 1.29 is 4.74 Å². The molecule has 0 saturated carbocycles. The largest absolute Gasteiger partial charge is 0.373 e. The van der Waals surface area contributed by atoms with Crippen molar-refractivity contribution in [1.29, 1.82) is 0 Å². The maximum atomic E-state index is 5.34. The van der Waals surface area contributed by atoms with E-state index >= 15 is 0 Å². The molecule has 1 unspecified atom stereocenters. The molecule has 0 bridgehead atoms. The number of H-pyrrole nitrogens is 1. The van der Waals surface area contributed by atoms with Crippen LogP contribution in [-0.4, -0.2) is 17.1 Å². The second kappa shape index (κ2) is 5.00. The Morgan fingerprint density at radius 1 is 1.57 bits per heavy atom. The molecule has 5 heteroatoms. The van der Waals surface area contributed by atoms with Gasteiger partial charge in [-0.25, -0.2) is 4.98 Å². The lowest BCUT2D eigenvalue weighted by atomic mass is 10.1. The Labute approximate surface area is 97.0 Å². The van der Waals surface area contributed by atoms with E-state index in [2.05, 4.69) is 39.7 Å². The van der Waals surface area contributed by atoms with E-state index in [4.69, 9.17) is 17.0 Å². The van der Waals surface area contributed by atoms with Crippen molar-refractivity contribution in [2.75, 3.05) is 7.11 Å². The number of rotatable bonds is 3. The Morgan fingerprint density at radius 2 is 2.21 bits per heavy atom. The van der Waals surface area contributed by atoms with Crippen molar-refractivity contribution in [2.24, 2.45) is 5.92 Å².